The van der Waals surface area contributed by atoms with Gasteiger partial charge in [-0.25, -0.2) is 4.39 Å². The van der Waals surface area contributed by atoms with Gasteiger partial charge in [0.2, 0.25) is 0 Å². The van der Waals surface area contributed by atoms with Crippen molar-refractivity contribution >= 4 is 15.9 Å². The second-order valence-electron chi connectivity index (χ2n) is 5.37. The molecule has 21 heavy (non-hydrogen) atoms. The lowest BCUT2D eigenvalue weighted by Gasteiger charge is -2.31. The summed E-state index contributed by atoms with van der Waals surface area (Å²) in [6.45, 7) is 2.63. The lowest BCUT2D eigenvalue weighted by atomic mass is 9.98. The number of halogens is 2. The summed E-state index contributed by atoms with van der Waals surface area (Å²) in [6.07, 6.45) is 0. The molecular formula is C17H20BrFN2. The highest BCUT2D eigenvalue weighted by Crippen LogP contribution is 2.26. The van der Waals surface area contributed by atoms with Crippen LogP contribution in [-0.4, -0.2) is 18.0 Å². The number of rotatable bonds is 5. The predicted octanol–water partition coefficient (Wildman–Crippen LogP) is 4.11. The van der Waals surface area contributed by atoms with Crippen molar-refractivity contribution in [2.75, 3.05) is 7.05 Å². The van der Waals surface area contributed by atoms with E-state index in [2.05, 4.69) is 33.0 Å². The minimum atomic E-state index is -0.206. The SMILES string of the molecule is CC(N)C(c1ccccc1F)N(C)Cc1ccc(Br)cc1. The molecule has 0 aliphatic heterocycles. The first-order valence-electron chi connectivity index (χ1n) is 6.93. The third kappa shape index (κ3) is 4.13. The van der Waals surface area contributed by atoms with E-state index in [4.69, 9.17) is 5.73 Å². The van der Waals surface area contributed by atoms with Crippen molar-refractivity contribution in [1.29, 1.82) is 0 Å². The molecule has 0 radical (unpaired) electrons. The highest BCUT2D eigenvalue weighted by molar-refractivity contribution is 9.10. The summed E-state index contributed by atoms with van der Waals surface area (Å²) in [6, 6.07) is 14.6. The Morgan fingerprint density at radius 3 is 2.33 bits per heavy atom. The predicted molar refractivity (Wildman–Crippen MR) is 88.4 cm³/mol. The standard InChI is InChI=1S/C17H20BrFN2/c1-12(20)17(15-5-3-4-6-16(15)19)21(2)11-13-7-9-14(18)10-8-13/h3-10,12,17H,11,20H2,1-2H3. The fourth-order valence-electron chi connectivity index (χ4n) is 2.61. The van der Waals surface area contributed by atoms with Crippen molar-refractivity contribution in [3.05, 3.63) is 69.9 Å². The molecule has 2 rings (SSSR count). The molecule has 0 amide bonds. The number of benzene rings is 2. The molecule has 112 valence electrons. The zero-order chi connectivity index (χ0) is 15.4. The molecule has 0 aromatic heterocycles. The van der Waals surface area contributed by atoms with Gasteiger partial charge in [0.25, 0.3) is 0 Å². The number of likely N-dealkylation sites (N-methyl/N-ethyl adjacent to an activating group) is 1. The van der Waals surface area contributed by atoms with Crippen LogP contribution >= 0.6 is 15.9 Å². The smallest absolute Gasteiger partial charge is 0.128 e. The van der Waals surface area contributed by atoms with Crippen LogP contribution in [0.2, 0.25) is 0 Å². The monoisotopic (exact) mass is 350 g/mol. The Hall–Kier alpha value is -1.23. The Balaban J connectivity index is 2.22. The fourth-order valence-corrected chi connectivity index (χ4v) is 2.88. The zero-order valence-electron chi connectivity index (χ0n) is 12.3. The molecule has 0 saturated carbocycles. The molecule has 4 heteroatoms. The number of hydrogen-bond acceptors (Lipinski definition) is 2. The molecule has 2 unspecified atom stereocenters. The summed E-state index contributed by atoms with van der Waals surface area (Å²) >= 11 is 3.43. The van der Waals surface area contributed by atoms with Gasteiger partial charge < -0.3 is 5.73 Å². The molecule has 0 bridgehead atoms. The normalized spacial score (nSPS) is 14.2. The van der Waals surface area contributed by atoms with Crippen LogP contribution < -0.4 is 5.73 Å². The number of nitrogens with zero attached hydrogens (tertiary/aromatic N) is 1. The Morgan fingerprint density at radius 1 is 1.14 bits per heavy atom. The lowest BCUT2D eigenvalue weighted by Crippen LogP contribution is -2.37. The third-order valence-corrected chi connectivity index (χ3v) is 4.07. The van der Waals surface area contributed by atoms with Gasteiger partial charge >= 0.3 is 0 Å². The Bertz CT molecular complexity index is 584. The summed E-state index contributed by atoms with van der Waals surface area (Å²) in [5.41, 5.74) is 7.92. The molecule has 2 nitrogen and oxygen atoms in total. The minimum Gasteiger partial charge on any atom is -0.326 e. The average Bonchev–Trinajstić information content (AvgIpc) is 2.43. The van der Waals surface area contributed by atoms with Gasteiger partial charge in [-0.3, -0.25) is 4.90 Å². The van der Waals surface area contributed by atoms with Gasteiger partial charge in [-0.05, 0) is 37.7 Å². The van der Waals surface area contributed by atoms with E-state index in [1.54, 1.807) is 12.1 Å². The van der Waals surface area contributed by atoms with Gasteiger partial charge in [0.1, 0.15) is 5.82 Å². The first-order valence-corrected chi connectivity index (χ1v) is 7.73. The van der Waals surface area contributed by atoms with Gasteiger partial charge in [0, 0.05) is 22.6 Å². The quantitative estimate of drug-likeness (QED) is 0.879. The highest BCUT2D eigenvalue weighted by Gasteiger charge is 2.23. The highest BCUT2D eigenvalue weighted by atomic mass is 79.9. The van der Waals surface area contributed by atoms with E-state index in [1.165, 1.54) is 11.6 Å². The van der Waals surface area contributed by atoms with Gasteiger partial charge in [0.15, 0.2) is 0 Å². The molecule has 2 N–H and O–H groups in total. The first kappa shape index (κ1) is 16.1. The van der Waals surface area contributed by atoms with Crippen LogP contribution in [0.25, 0.3) is 0 Å². The van der Waals surface area contributed by atoms with Crippen LogP contribution in [0.15, 0.2) is 53.0 Å². The topological polar surface area (TPSA) is 29.3 Å². The van der Waals surface area contributed by atoms with Crippen molar-refractivity contribution in [3.63, 3.8) is 0 Å². The van der Waals surface area contributed by atoms with Crippen LogP contribution in [0, 0.1) is 5.82 Å². The molecule has 0 heterocycles. The molecule has 0 spiro atoms. The second kappa shape index (κ2) is 7.16. The van der Waals surface area contributed by atoms with E-state index in [1.807, 2.05) is 32.2 Å². The van der Waals surface area contributed by atoms with Crippen LogP contribution in [0.5, 0.6) is 0 Å². The van der Waals surface area contributed by atoms with Crippen molar-refractivity contribution in [2.24, 2.45) is 5.73 Å². The van der Waals surface area contributed by atoms with E-state index in [-0.39, 0.29) is 17.9 Å². The van der Waals surface area contributed by atoms with Crippen LogP contribution in [0.4, 0.5) is 4.39 Å². The Kier molecular flexibility index (Phi) is 5.51. The summed E-state index contributed by atoms with van der Waals surface area (Å²) in [5, 5.41) is 0. The maximum atomic E-state index is 14.1. The molecular weight excluding hydrogens is 331 g/mol. The maximum Gasteiger partial charge on any atom is 0.128 e. The van der Waals surface area contributed by atoms with Crippen molar-refractivity contribution in [1.82, 2.24) is 4.90 Å². The van der Waals surface area contributed by atoms with Crippen molar-refractivity contribution in [3.8, 4) is 0 Å². The molecule has 2 atom stereocenters. The van der Waals surface area contributed by atoms with Gasteiger partial charge in [-0.15, -0.1) is 0 Å². The van der Waals surface area contributed by atoms with Gasteiger partial charge in [-0.2, -0.15) is 0 Å². The van der Waals surface area contributed by atoms with Crippen LogP contribution in [0.3, 0.4) is 0 Å². The van der Waals surface area contributed by atoms with Crippen molar-refractivity contribution in [2.45, 2.75) is 25.6 Å². The van der Waals surface area contributed by atoms with Crippen LogP contribution in [-0.2, 0) is 6.54 Å². The zero-order valence-corrected chi connectivity index (χ0v) is 13.8. The molecule has 0 aliphatic rings. The fraction of sp³-hybridized carbons (Fsp3) is 0.294. The average molecular weight is 351 g/mol. The molecule has 0 fully saturated rings. The maximum absolute atomic E-state index is 14.1. The molecule has 2 aromatic rings. The van der Waals surface area contributed by atoms with Crippen LogP contribution in [0.1, 0.15) is 24.1 Å². The van der Waals surface area contributed by atoms with E-state index in [9.17, 15) is 4.39 Å². The molecule has 0 aliphatic carbocycles. The Morgan fingerprint density at radius 2 is 1.76 bits per heavy atom. The van der Waals surface area contributed by atoms with E-state index in [0.717, 1.165) is 4.47 Å². The largest absolute Gasteiger partial charge is 0.326 e. The number of hydrogen-bond donors (Lipinski definition) is 1. The molecule has 0 saturated heterocycles. The van der Waals surface area contributed by atoms with Gasteiger partial charge in [0.05, 0.1) is 6.04 Å². The Labute approximate surface area is 133 Å². The summed E-state index contributed by atoms with van der Waals surface area (Å²) in [7, 11) is 1.97. The summed E-state index contributed by atoms with van der Waals surface area (Å²) in [5.74, 6) is -0.206. The second-order valence-corrected chi connectivity index (χ2v) is 6.28. The minimum absolute atomic E-state index is 0.158. The summed E-state index contributed by atoms with van der Waals surface area (Å²) < 4.78 is 15.1. The lowest BCUT2D eigenvalue weighted by molar-refractivity contribution is 0.206. The first-order chi connectivity index (χ1) is 9.99. The van der Waals surface area contributed by atoms with Crippen molar-refractivity contribution < 1.29 is 4.39 Å². The van der Waals surface area contributed by atoms with E-state index >= 15 is 0 Å². The van der Waals surface area contributed by atoms with Gasteiger partial charge in [-0.1, -0.05) is 46.3 Å². The molecule has 2 aromatic carbocycles. The third-order valence-electron chi connectivity index (χ3n) is 3.54. The van der Waals surface area contributed by atoms with E-state index in [0.29, 0.717) is 12.1 Å². The summed E-state index contributed by atoms with van der Waals surface area (Å²) in [4.78, 5) is 2.09. The number of nitrogens with two attached hydrogens (primary N) is 1. The van der Waals surface area contributed by atoms with E-state index < -0.39 is 0 Å².